The van der Waals surface area contributed by atoms with Crippen molar-refractivity contribution in [3.8, 4) is 5.75 Å². The predicted molar refractivity (Wildman–Crippen MR) is 90.4 cm³/mol. The summed E-state index contributed by atoms with van der Waals surface area (Å²) in [5.74, 6) is -0.538. The summed E-state index contributed by atoms with van der Waals surface area (Å²) in [5, 5.41) is 26.6. The van der Waals surface area contributed by atoms with Crippen molar-refractivity contribution in [2.45, 2.75) is 13.8 Å². The second-order valence-electron chi connectivity index (χ2n) is 4.91. The number of carbonyl (C=O) groups is 1. The quantitative estimate of drug-likeness (QED) is 0.563. The van der Waals surface area contributed by atoms with E-state index in [-0.39, 0.29) is 17.9 Å². The Morgan fingerprint density at radius 3 is 2.88 bits per heavy atom. The molecule has 122 valence electrons. The van der Waals surface area contributed by atoms with E-state index >= 15 is 0 Å². The molecule has 24 heavy (non-hydrogen) atoms. The number of carbonyl (C=O) groups excluding carboxylic acids is 1. The summed E-state index contributed by atoms with van der Waals surface area (Å²) in [6.45, 7) is 3.86. The number of aromatic hydroxyl groups is 1. The zero-order valence-corrected chi connectivity index (χ0v) is 13.9. The average Bonchev–Trinajstić information content (AvgIpc) is 2.97. The molecule has 0 aliphatic heterocycles. The summed E-state index contributed by atoms with van der Waals surface area (Å²) in [7, 11) is 0. The molecule has 0 aliphatic rings. The molecule has 0 atom stereocenters. The minimum absolute atomic E-state index is 0.0157. The van der Waals surface area contributed by atoms with E-state index in [1.807, 2.05) is 13.0 Å². The van der Waals surface area contributed by atoms with E-state index in [1.54, 1.807) is 13.0 Å². The fraction of sp³-hybridized carbons (Fsp3) is 0.188. The highest BCUT2D eigenvalue weighted by Crippen LogP contribution is 2.42. The van der Waals surface area contributed by atoms with Gasteiger partial charge in [0.15, 0.2) is 0 Å². The summed E-state index contributed by atoms with van der Waals surface area (Å²) in [6, 6.07) is 4.86. The Kier molecular flexibility index (Phi) is 4.48. The number of hydrogen-bond donors (Lipinski definition) is 1. The van der Waals surface area contributed by atoms with Gasteiger partial charge in [-0.1, -0.05) is 0 Å². The molecule has 0 spiro atoms. The minimum Gasteiger partial charge on any atom is -0.507 e. The lowest BCUT2D eigenvalue weighted by atomic mass is 10.1. The van der Waals surface area contributed by atoms with Gasteiger partial charge in [-0.05, 0) is 32.0 Å². The van der Waals surface area contributed by atoms with E-state index in [2.05, 4.69) is 20.4 Å². The number of thiophene rings is 1. The van der Waals surface area contributed by atoms with Gasteiger partial charge in [0.05, 0.1) is 29.3 Å². The first-order chi connectivity index (χ1) is 11.6. The number of esters is 1. The second kappa shape index (κ2) is 6.71. The van der Waals surface area contributed by atoms with Gasteiger partial charge in [0, 0.05) is 10.3 Å². The Labute approximate surface area is 141 Å². The molecule has 0 unspecified atom stereocenters. The second-order valence-corrected chi connectivity index (χ2v) is 6.17. The number of fused-ring (bicyclic) bond motifs is 1. The number of aryl methyl sites for hydroxylation is 1. The molecule has 0 bridgehead atoms. The molecule has 2 heterocycles. The third-order valence-corrected chi connectivity index (χ3v) is 4.27. The van der Waals surface area contributed by atoms with Gasteiger partial charge >= 0.3 is 5.97 Å². The number of rotatable bonds is 4. The molecule has 0 aliphatic carbocycles. The summed E-state index contributed by atoms with van der Waals surface area (Å²) < 4.78 is 5.74. The van der Waals surface area contributed by atoms with Gasteiger partial charge in [-0.2, -0.15) is 10.2 Å². The maximum atomic E-state index is 12.2. The number of hydrogen-bond acceptors (Lipinski definition) is 8. The molecule has 0 radical (unpaired) electrons. The molecule has 0 saturated carbocycles. The molecule has 1 N–H and O–H groups in total. The highest BCUT2D eigenvalue weighted by molar-refractivity contribution is 7.19. The number of nitrogens with zero attached hydrogens (tertiary/aromatic N) is 4. The summed E-state index contributed by atoms with van der Waals surface area (Å²) in [6.07, 6.45) is 2.97. The van der Waals surface area contributed by atoms with Crippen LogP contribution in [0.2, 0.25) is 0 Å². The first-order valence-corrected chi connectivity index (χ1v) is 8.03. The van der Waals surface area contributed by atoms with Gasteiger partial charge in [-0.3, -0.25) is 0 Å². The predicted octanol–water partition coefficient (Wildman–Crippen LogP) is 4.30. The van der Waals surface area contributed by atoms with Gasteiger partial charge in [-0.25, -0.2) is 4.79 Å². The van der Waals surface area contributed by atoms with Gasteiger partial charge in [0.2, 0.25) is 0 Å². The first kappa shape index (κ1) is 16.0. The lowest BCUT2D eigenvalue weighted by Crippen LogP contribution is -2.04. The molecule has 8 heteroatoms. The van der Waals surface area contributed by atoms with Crippen molar-refractivity contribution in [1.29, 1.82) is 0 Å². The Bertz CT molecular complexity index is 922. The molecular weight excluding hydrogens is 328 g/mol. The highest BCUT2D eigenvalue weighted by Gasteiger charge is 2.20. The molecule has 2 aromatic heterocycles. The van der Waals surface area contributed by atoms with E-state index in [4.69, 9.17) is 4.74 Å². The van der Waals surface area contributed by atoms with Gasteiger partial charge in [0.25, 0.3) is 0 Å². The van der Waals surface area contributed by atoms with Crippen molar-refractivity contribution in [3.05, 3.63) is 41.0 Å². The van der Waals surface area contributed by atoms with Crippen LogP contribution < -0.4 is 0 Å². The van der Waals surface area contributed by atoms with Crippen LogP contribution in [0.5, 0.6) is 5.75 Å². The first-order valence-electron chi connectivity index (χ1n) is 7.21. The van der Waals surface area contributed by atoms with Gasteiger partial charge in [0.1, 0.15) is 17.1 Å². The number of phenols is 1. The fourth-order valence-corrected chi connectivity index (χ4v) is 3.22. The Morgan fingerprint density at radius 1 is 1.33 bits per heavy atom. The smallest absolute Gasteiger partial charge is 0.340 e. The van der Waals surface area contributed by atoms with Crippen LogP contribution in [-0.2, 0) is 4.74 Å². The van der Waals surface area contributed by atoms with E-state index in [9.17, 15) is 9.90 Å². The Balaban J connectivity index is 2.18. The van der Waals surface area contributed by atoms with Crippen molar-refractivity contribution in [3.63, 3.8) is 0 Å². The Morgan fingerprint density at radius 2 is 2.17 bits per heavy atom. The number of benzene rings is 1. The molecule has 3 aromatic rings. The summed E-state index contributed by atoms with van der Waals surface area (Å²) in [4.78, 5) is 13.2. The van der Waals surface area contributed by atoms with Crippen LogP contribution in [0.15, 0.2) is 40.8 Å². The largest absolute Gasteiger partial charge is 0.507 e. The van der Waals surface area contributed by atoms with Crippen molar-refractivity contribution >= 4 is 38.8 Å². The van der Waals surface area contributed by atoms with Crippen LogP contribution in [0.3, 0.4) is 0 Å². The third-order valence-electron chi connectivity index (χ3n) is 3.21. The molecule has 0 fully saturated rings. The number of azo groups is 1. The number of aromatic nitrogens is 2. The average molecular weight is 342 g/mol. The fourth-order valence-electron chi connectivity index (χ4n) is 2.20. The van der Waals surface area contributed by atoms with Crippen LogP contribution in [0, 0.1) is 6.92 Å². The zero-order chi connectivity index (χ0) is 17.1. The van der Waals surface area contributed by atoms with Crippen molar-refractivity contribution in [2.75, 3.05) is 6.61 Å². The number of phenolic OH excluding ortho intramolecular Hbond substituents is 1. The van der Waals surface area contributed by atoms with Crippen molar-refractivity contribution < 1.29 is 14.6 Å². The topological polar surface area (TPSA) is 97.0 Å². The van der Waals surface area contributed by atoms with Crippen LogP contribution >= 0.6 is 11.3 Å². The van der Waals surface area contributed by atoms with Crippen molar-refractivity contribution in [1.82, 2.24) is 10.2 Å². The summed E-state index contributed by atoms with van der Waals surface area (Å²) >= 11 is 1.43. The number of ether oxygens (including phenoxy) is 1. The molecule has 0 saturated heterocycles. The minimum atomic E-state index is -0.553. The summed E-state index contributed by atoms with van der Waals surface area (Å²) in [5.41, 5.74) is 1.06. The van der Waals surface area contributed by atoms with Crippen molar-refractivity contribution in [2.24, 2.45) is 10.2 Å². The van der Waals surface area contributed by atoms with Crippen LogP contribution in [0.1, 0.15) is 22.2 Å². The maximum absolute atomic E-state index is 12.2. The van der Waals surface area contributed by atoms with Crippen LogP contribution in [0.25, 0.3) is 10.1 Å². The van der Waals surface area contributed by atoms with E-state index in [0.29, 0.717) is 21.5 Å². The van der Waals surface area contributed by atoms with Crippen LogP contribution in [0.4, 0.5) is 11.4 Å². The standard InChI is InChI=1S/C16H14N4O3S/c1-3-23-16(22)12-7-13(21)11-6-9(2)24-15(11)14(12)20-19-10-4-5-17-18-8-10/h4-8,21H,3H2,1-2H3/b20-19+. The van der Waals surface area contributed by atoms with Gasteiger partial charge in [-0.15, -0.1) is 21.6 Å². The third kappa shape index (κ3) is 3.09. The van der Waals surface area contributed by atoms with E-state index in [1.165, 1.54) is 29.8 Å². The zero-order valence-electron chi connectivity index (χ0n) is 13.1. The lowest BCUT2D eigenvalue weighted by molar-refractivity contribution is 0.0527. The highest BCUT2D eigenvalue weighted by atomic mass is 32.1. The molecule has 3 rings (SSSR count). The van der Waals surface area contributed by atoms with Crippen LogP contribution in [-0.4, -0.2) is 27.9 Å². The molecule has 7 nitrogen and oxygen atoms in total. The normalized spacial score (nSPS) is 11.2. The monoisotopic (exact) mass is 342 g/mol. The SMILES string of the molecule is CCOC(=O)c1cc(O)c2cc(C)sc2c1/N=N/c1ccnnc1. The lowest BCUT2D eigenvalue weighted by Gasteiger charge is -2.07. The van der Waals surface area contributed by atoms with E-state index in [0.717, 1.165) is 4.88 Å². The Hall–Kier alpha value is -2.87. The molecular formula is C16H14N4O3S. The molecule has 1 aromatic carbocycles. The molecule has 0 amide bonds. The van der Waals surface area contributed by atoms with E-state index < -0.39 is 5.97 Å². The maximum Gasteiger partial charge on any atom is 0.340 e. The van der Waals surface area contributed by atoms with Gasteiger partial charge < -0.3 is 9.84 Å².